The van der Waals surface area contributed by atoms with Crippen LogP contribution >= 0.6 is 23.5 Å². The third-order valence-electron chi connectivity index (χ3n) is 2.37. The van der Waals surface area contributed by atoms with Crippen molar-refractivity contribution in [1.82, 2.24) is 5.32 Å². The number of thioether (sulfide) groups is 2. The van der Waals surface area contributed by atoms with Crippen LogP contribution in [-0.2, 0) is 4.79 Å². The molecular formula is C10H19NO2S2. The first-order valence-electron chi connectivity index (χ1n) is 5.33. The molecule has 0 radical (unpaired) electrons. The smallest absolute Gasteiger partial charge is 0.303 e. The molecule has 3 nitrogen and oxygen atoms in total. The number of hydrogen-bond donors (Lipinski definition) is 2. The molecule has 0 amide bonds. The van der Waals surface area contributed by atoms with Gasteiger partial charge >= 0.3 is 5.97 Å². The second kappa shape index (κ2) is 7.41. The average Bonchev–Trinajstić information content (AvgIpc) is 2.25. The molecule has 1 aliphatic heterocycles. The standard InChI is InChI=1S/C10H19NO2S2/c1-8(2-3-10(12)13)11-6-9-7-14-4-5-15-9/h8-9,11H,2-7H2,1H3,(H,12,13). The second-order valence-corrected chi connectivity index (χ2v) is 6.37. The molecule has 1 heterocycles. The summed E-state index contributed by atoms with van der Waals surface area (Å²) in [7, 11) is 0. The Bertz CT molecular complexity index is 196. The number of rotatable bonds is 6. The van der Waals surface area contributed by atoms with Gasteiger partial charge in [0.25, 0.3) is 0 Å². The van der Waals surface area contributed by atoms with Crippen LogP contribution < -0.4 is 5.32 Å². The van der Waals surface area contributed by atoms with Gasteiger partial charge in [-0.2, -0.15) is 23.5 Å². The topological polar surface area (TPSA) is 49.3 Å². The summed E-state index contributed by atoms with van der Waals surface area (Å²) in [4.78, 5) is 10.4. The molecule has 88 valence electrons. The van der Waals surface area contributed by atoms with Gasteiger partial charge in [-0.1, -0.05) is 0 Å². The first-order chi connectivity index (χ1) is 7.18. The third kappa shape index (κ3) is 6.33. The second-order valence-electron chi connectivity index (χ2n) is 3.81. The zero-order chi connectivity index (χ0) is 11.1. The summed E-state index contributed by atoms with van der Waals surface area (Å²) < 4.78 is 0. The molecule has 2 N–H and O–H groups in total. The highest BCUT2D eigenvalue weighted by Gasteiger charge is 2.15. The molecule has 0 aromatic carbocycles. The van der Waals surface area contributed by atoms with E-state index in [0.717, 1.165) is 13.0 Å². The minimum absolute atomic E-state index is 0.265. The van der Waals surface area contributed by atoms with Crippen LogP contribution in [0.15, 0.2) is 0 Å². The van der Waals surface area contributed by atoms with Gasteiger partial charge in [-0.15, -0.1) is 0 Å². The van der Waals surface area contributed by atoms with Crippen molar-refractivity contribution < 1.29 is 9.90 Å². The zero-order valence-electron chi connectivity index (χ0n) is 9.07. The molecule has 1 fully saturated rings. The van der Waals surface area contributed by atoms with E-state index in [0.29, 0.717) is 11.3 Å². The van der Waals surface area contributed by atoms with Gasteiger partial charge in [0.1, 0.15) is 0 Å². The van der Waals surface area contributed by atoms with Gasteiger partial charge in [0.2, 0.25) is 0 Å². The SMILES string of the molecule is CC(CCC(=O)O)NCC1CSCCS1. The lowest BCUT2D eigenvalue weighted by Gasteiger charge is -2.23. The van der Waals surface area contributed by atoms with Crippen molar-refractivity contribution in [2.45, 2.75) is 31.1 Å². The Kier molecular flexibility index (Phi) is 6.52. The molecular weight excluding hydrogens is 230 g/mol. The van der Waals surface area contributed by atoms with Gasteiger partial charge < -0.3 is 10.4 Å². The third-order valence-corrected chi connectivity index (χ3v) is 5.22. The normalized spacial score (nSPS) is 23.7. The molecule has 0 bridgehead atoms. The summed E-state index contributed by atoms with van der Waals surface area (Å²) in [6.07, 6.45) is 0.987. The average molecular weight is 249 g/mol. The number of carbonyl (C=O) groups is 1. The van der Waals surface area contributed by atoms with E-state index >= 15 is 0 Å². The van der Waals surface area contributed by atoms with Crippen LogP contribution in [-0.4, -0.2) is 46.2 Å². The van der Waals surface area contributed by atoms with Crippen LogP contribution in [0.3, 0.4) is 0 Å². The largest absolute Gasteiger partial charge is 0.481 e. The van der Waals surface area contributed by atoms with E-state index in [1.165, 1.54) is 17.3 Å². The Morgan fingerprint density at radius 2 is 2.40 bits per heavy atom. The molecule has 1 aliphatic rings. The molecule has 1 saturated heterocycles. The number of hydrogen-bond acceptors (Lipinski definition) is 4. The van der Waals surface area contributed by atoms with Crippen molar-refractivity contribution in [2.75, 3.05) is 23.8 Å². The van der Waals surface area contributed by atoms with E-state index in [1.54, 1.807) is 0 Å². The van der Waals surface area contributed by atoms with E-state index < -0.39 is 5.97 Å². The molecule has 0 aliphatic carbocycles. The van der Waals surface area contributed by atoms with Crippen LogP contribution in [0.25, 0.3) is 0 Å². The highest BCUT2D eigenvalue weighted by atomic mass is 32.2. The fourth-order valence-electron chi connectivity index (χ4n) is 1.43. The van der Waals surface area contributed by atoms with Crippen LogP contribution in [0.2, 0.25) is 0 Å². The fourth-order valence-corrected chi connectivity index (χ4v) is 4.05. The summed E-state index contributed by atoms with van der Waals surface area (Å²) in [5.74, 6) is 3.05. The first kappa shape index (κ1) is 13.2. The van der Waals surface area contributed by atoms with Gasteiger partial charge in [0.05, 0.1) is 0 Å². The Balaban J connectivity index is 2.04. The fraction of sp³-hybridized carbons (Fsp3) is 0.900. The van der Waals surface area contributed by atoms with Crippen LogP contribution in [0, 0.1) is 0 Å². The van der Waals surface area contributed by atoms with Crippen molar-refractivity contribution in [3.63, 3.8) is 0 Å². The Labute approximate surface area is 99.8 Å². The highest BCUT2D eigenvalue weighted by Crippen LogP contribution is 2.23. The monoisotopic (exact) mass is 249 g/mol. The van der Waals surface area contributed by atoms with Crippen molar-refractivity contribution >= 4 is 29.5 Å². The molecule has 0 aromatic heterocycles. The lowest BCUT2D eigenvalue weighted by atomic mass is 10.2. The van der Waals surface area contributed by atoms with Crippen LogP contribution in [0.5, 0.6) is 0 Å². The van der Waals surface area contributed by atoms with Crippen molar-refractivity contribution in [3.05, 3.63) is 0 Å². The summed E-state index contributed by atoms with van der Waals surface area (Å²) in [5, 5.41) is 12.7. The van der Waals surface area contributed by atoms with E-state index in [-0.39, 0.29) is 6.42 Å². The molecule has 2 unspecified atom stereocenters. The molecule has 0 aromatic rings. The van der Waals surface area contributed by atoms with Crippen molar-refractivity contribution in [2.24, 2.45) is 0 Å². The maximum absolute atomic E-state index is 10.4. The predicted octanol–water partition coefficient (Wildman–Crippen LogP) is 1.68. The van der Waals surface area contributed by atoms with Gasteiger partial charge in [-0.05, 0) is 13.3 Å². The maximum atomic E-state index is 10.4. The Morgan fingerprint density at radius 3 is 3.00 bits per heavy atom. The van der Waals surface area contributed by atoms with E-state index in [1.807, 2.05) is 23.5 Å². The highest BCUT2D eigenvalue weighted by molar-refractivity contribution is 8.06. The molecule has 1 rings (SSSR count). The van der Waals surface area contributed by atoms with Crippen molar-refractivity contribution in [3.8, 4) is 0 Å². The van der Waals surface area contributed by atoms with E-state index in [2.05, 4.69) is 12.2 Å². The number of aliphatic carboxylic acids is 1. The quantitative estimate of drug-likeness (QED) is 0.750. The first-order valence-corrected chi connectivity index (χ1v) is 7.53. The summed E-state index contributed by atoms with van der Waals surface area (Å²) in [5.41, 5.74) is 0. The van der Waals surface area contributed by atoms with E-state index in [4.69, 9.17) is 5.11 Å². The number of carboxylic acid groups (broad SMARTS) is 1. The van der Waals surface area contributed by atoms with Crippen LogP contribution in [0.1, 0.15) is 19.8 Å². The molecule has 15 heavy (non-hydrogen) atoms. The van der Waals surface area contributed by atoms with E-state index in [9.17, 15) is 4.79 Å². The van der Waals surface area contributed by atoms with Gasteiger partial charge in [0, 0.05) is 41.5 Å². The summed E-state index contributed by atoms with van der Waals surface area (Å²) in [6.45, 7) is 3.07. The lowest BCUT2D eigenvalue weighted by Crippen LogP contribution is -2.35. The lowest BCUT2D eigenvalue weighted by molar-refractivity contribution is -0.137. The minimum Gasteiger partial charge on any atom is -0.481 e. The van der Waals surface area contributed by atoms with Gasteiger partial charge in [0.15, 0.2) is 0 Å². The zero-order valence-corrected chi connectivity index (χ0v) is 10.7. The summed E-state index contributed by atoms with van der Waals surface area (Å²) in [6, 6.07) is 0.314. The Hall–Kier alpha value is 0.130. The van der Waals surface area contributed by atoms with Gasteiger partial charge in [-0.3, -0.25) is 4.79 Å². The maximum Gasteiger partial charge on any atom is 0.303 e. The number of carboxylic acids is 1. The predicted molar refractivity (Wildman–Crippen MR) is 67.9 cm³/mol. The molecule has 0 saturated carbocycles. The molecule has 2 atom stereocenters. The summed E-state index contributed by atoms with van der Waals surface area (Å²) >= 11 is 4.05. The van der Waals surface area contributed by atoms with Crippen molar-refractivity contribution in [1.29, 1.82) is 0 Å². The Morgan fingerprint density at radius 1 is 1.60 bits per heavy atom. The number of nitrogens with one attached hydrogen (secondary N) is 1. The van der Waals surface area contributed by atoms with Gasteiger partial charge in [-0.25, -0.2) is 0 Å². The molecule has 0 spiro atoms. The molecule has 5 heteroatoms. The van der Waals surface area contributed by atoms with Crippen LogP contribution in [0.4, 0.5) is 0 Å². The minimum atomic E-state index is -0.703.